The van der Waals surface area contributed by atoms with Crippen LogP contribution in [0.2, 0.25) is 0 Å². The Labute approximate surface area is 190 Å². The molecule has 2 aliphatic rings. The maximum absolute atomic E-state index is 12.7. The second kappa shape index (κ2) is 8.73. The fourth-order valence-corrected chi connectivity index (χ4v) is 4.79. The summed E-state index contributed by atoms with van der Waals surface area (Å²) in [5.74, 6) is 0.634. The van der Waals surface area contributed by atoms with E-state index in [1.807, 2.05) is 6.07 Å². The summed E-state index contributed by atoms with van der Waals surface area (Å²) in [5.41, 5.74) is 3.36. The van der Waals surface area contributed by atoms with Gasteiger partial charge in [-0.05, 0) is 68.2 Å². The van der Waals surface area contributed by atoms with Gasteiger partial charge in [0.25, 0.3) is 11.5 Å². The maximum atomic E-state index is 12.7. The molecule has 3 heterocycles. The molecule has 5 rings (SSSR count). The highest BCUT2D eigenvalue weighted by atomic mass is 16.3. The standard InChI is InChI=1S/C24H27N5O4/c1-15-22(33-14-25-15)23(31)28-9-7-16(8-10-28)13-29-21(30)12-20(27-24(29)32)26-19-6-5-17-3-2-4-18(17)11-19/h5-6,11-12,14,16,26H,2-4,7-10,13H2,1H3,(H,27,32). The number of H-pyrrole nitrogens is 1. The second-order valence-electron chi connectivity index (χ2n) is 8.90. The monoisotopic (exact) mass is 449 g/mol. The number of hydrogen-bond acceptors (Lipinski definition) is 6. The number of nitrogens with zero attached hydrogens (tertiary/aromatic N) is 3. The summed E-state index contributed by atoms with van der Waals surface area (Å²) >= 11 is 0. The zero-order valence-electron chi connectivity index (χ0n) is 18.6. The molecule has 0 radical (unpaired) electrons. The number of aromatic nitrogens is 3. The van der Waals surface area contributed by atoms with E-state index in [9.17, 15) is 14.4 Å². The number of hydrogen-bond donors (Lipinski definition) is 2. The average Bonchev–Trinajstić information content (AvgIpc) is 3.44. The lowest BCUT2D eigenvalue weighted by Crippen LogP contribution is -2.42. The van der Waals surface area contributed by atoms with Crippen LogP contribution in [0.4, 0.5) is 11.5 Å². The van der Waals surface area contributed by atoms with E-state index in [2.05, 4.69) is 27.4 Å². The first-order valence-electron chi connectivity index (χ1n) is 11.4. The number of piperidine rings is 1. The SMILES string of the molecule is Cc1ncoc1C(=O)N1CCC(Cn2c(=O)cc(Nc3ccc4c(c3)CCC4)[nH]c2=O)CC1. The molecule has 1 aliphatic heterocycles. The molecule has 1 amide bonds. The van der Waals surface area contributed by atoms with E-state index in [0.29, 0.717) is 44.0 Å². The Morgan fingerprint density at radius 1 is 1.18 bits per heavy atom. The van der Waals surface area contributed by atoms with Gasteiger partial charge in [-0.1, -0.05) is 6.07 Å². The van der Waals surface area contributed by atoms with Crippen LogP contribution in [0.5, 0.6) is 0 Å². The second-order valence-corrected chi connectivity index (χ2v) is 8.90. The van der Waals surface area contributed by atoms with E-state index >= 15 is 0 Å². The number of rotatable bonds is 5. The number of oxazole rings is 1. The van der Waals surface area contributed by atoms with Crippen LogP contribution in [0.25, 0.3) is 0 Å². The fraction of sp³-hybridized carbons (Fsp3) is 0.417. The molecule has 0 unspecified atom stereocenters. The highest BCUT2D eigenvalue weighted by Gasteiger charge is 2.27. The molecule has 33 heavy (non-hydrogen) atoms. The van der Waals surface area contributed by atoms with E-state index in [1.165, 1.54) is 34.6 Å². The van der Waals surface area contributed by atoms with Crippen molar-refractivity contribution in [2.45, 2.75) is 45.6 Å². The van der Waals surface area contributed by atoms with E-state index in [4.69, 9.17) is 4.42 Å². The summed E-state index contributed by atoms with van der Waals surface area (Å²) < 4.78 is 6.46. The van der Waals surface area contributed by atoms with Crippen LogP contribution in [0.15, 0.2) is 44.7 Å². The summed E-state index contributed by atoms with van der Waals surface area (Å²) in [5, 5.41) is 3.16. The van der Waals surface area contributed by atoms with E-state index < -0.39 is 5.69 Å². The minimum atomic E-state index is -0.429. The van der Waals surface area contributed by atoms with Gasteiger partial charge in [0.1, 0.15) is 5.82 Å². The molecule has 0 saturated carbocycles. The summed E-state index contributed by atoms with van der Waals surface area (Å²) in [6.07, 6.45) is 6.02. The molecule has 2 aromatic heterocycles. The molecule has 9 nitrogen and oxygen atoms in total. The number of aryl methyl sites for hydroxylation is 3. The molecule has 2 N–H and O–H groups in total. The largest absolute Gasteiger partial charge is 0.438 e. The van der Waals surface area contributed by atoms with Gasteiger partial charge in [0.15, 0.2) is 6.39 Å². The van der Waals surface area contributed by atoms with Crippen LogP contribution in [0.1, 0.15) is 46.6 Å². The van der Waals surface area contributed by atoms with Crippen molar-refractivity contribution in [3.63, 3.8) is 0 Å². The summed E-state index contributed by atoms with van der Waals surface area (Å²) in [6, 6.07) is 7.59. The number of benzene rings is 1. The Hall–Kier alpha value is -3.62. The lowest BCUT2D eigenvalue weighted by molar-refractivity contribution is 0.0649. The first-order chi connectivity index (χ1) is 16.0. The first kappa shape index (κ1) is 21.2. The zero-order chi connectivity index (χ0) is 22.9. The van der Waals surface area contributed by atoms with Crippen molar-refractivity contribution in [1.29, 1.82) is 0 Å². The number of carbonyl (C=O) groups excluding carboxylic acids is 1. The van der Waals surface area contributed by atoms with Crippen molar-refractivity contribution >= 4 is 17.4 Å². The minimum absolute atomic E-state index is 0.138. The number of amides is 1. The highest BCUT2D eigenvalue weighted by Crippen LogP contribution is 2.26. The summed E-state index contributed by atoms with van der Waals surface area (Å²) in [4.78, 5) is 46.4. The van der Waals surface area contributed by atoms with E-state index in [0.717, 1.165) is 18.5 Å². The smallest absolute Gasteiger partial charge is 0.329 e. The molecule has 1 aromatic carbocycles. The van der Waals surface area contributed by atoms with Gasteiger partial charge in [-0.2, -0.15) is 0 Å². The van der Waals surface area contributed by atoms with Crippen molar-refractivity contribution < 1.29 is 9.21 Å². The minimum Gasteiger partial charge on any atom is -0.438 e. The van der Waals surface area contributed by atoms with Crippen molar-refractivity contribution in [3.05, 3.63) is 74.1 Å². The van der Waals surface area contributed by atoms with Crippen molar-refractivity contribution in [1.82, 2.24) is 19.4 Å². The molecule has 172 valence electrons. The normalized spacial score (nSPS) is 16.1. The molecule has 3 aromatic rings. The molecule has 0 bridgehead atoms. The summed E-state index contributed by atoms with van der Waals surface area (Å²) in [6.45, 7) is 3.17. The topological polar surface area (TPSA) is 113 Å². The molecule has 1 saturated heterocycles. The third kappa shape index (κ3) is 4.35. The van der Waals surface area contributed by atoms with Gasteiger partial charge >= 0.3 is 5.69 Å². The quantitative estimate of drug-likeness (QED) is 0.619. The third-order valence-corrected chi connectivity index (χ3v) is 6.68. The number of nitrogens with one attached hydrogen (secondary N) is 2. The van der Waals surface area contributed by atoms with Crippen LogP contribution < -0.4 is 16.6 Å². The van der Waals surface area contributed by atoms with E-state index in [-0.39, 0.29) is 23.1 Å². The van der Waals surface area contributed by atoms with Crippen LogP contribution in [-0.2, 0) is 19.4 Å². The fourth-order valence-electron chi connectivity index (χ4n) is 4.79. The maximum Gasteiger partial charge on any atom is 0.329 e. The van der Waals surface area contributed by atoms with Crippen LogP contribution in [-0.4, -0.2) is 38.4 Å². The Balaban J connectivity index is 1.23. The molecule has 0 atom stereocenters. The Kier molecular flexibility index (Phi) is 5.62. The van der Waals surface area contributed by atoms with Gasteiger partial charge in [-0.15, -0.1) is 0 Å². The molecule has 0 spiro atoms. The number of carbonyl (C=O) groups is 1. The Bertz CT molecular complexity index is 1270. The highest BCUT2D eigenvalue weighted by molar-refractivity contribution is 5.92. The van der Waals surface area contributed by atoms with Gasteiger partial charge < -0.3 is 14.6 Å². The molecular formula is C24H27N5O4. The zero-order valence-corrected chi connectivity index (χ0v) is 18.6. The van der Waals surface area contributed by atoms with Crippen molar-refractivity contribution in [2.75, 3.05) is 18.4 Å². The Morgan fingerprint density at radius 2 is 1.97 bits per heavy atom. The molecule has 1 aliphatic carbocycles. The molecular weight excluding hydrogens is 422 g/mol. The van der Waals surface area contributed by atoms with Crippen LogP contribution >= 0.6 is 0 Å². The van der Waals surface area contributed by atoms with Gasteiger partial charge in [-0.3, -0.25) is 19.1 Å². The van der Waals surface area contributed by atoms with Gasteiger partial charge in [0.2, 0.25) is 5.76 Å². The first-order valence-corrected chi connectivity index (χ1v) is 11.4. The lowest BCUT2D eigenvalue weighted by atomic mass is 9.96. The Morgan fingerprint density at radius 3 is 2.70 bits per heavy atom. The van der Waals surface area contributed by atoms with Crippen molar-refractivity contribution in [2.24, 2.45) is 5.92 Å². The van der Waals surface area contributed by atoms with Gasteiger partial charge in [0.05, 0.1) is 5.69 Å². The van der Waals surface area contributed by atoms with E-state index in [1.54, 1.807) is 11.8 Å². The van der Waals surface area contributed by atoms with Gasteiger partial charge in [-0.25, -0.2) is 9.78 Å². The number of aromatic amines is 1. The lowest BCUT2D eigenvalue weighted by Gasteiger charge is -2.31. The van der Waals surface area contributed by atoms with Crippen LogP contribution in [0.3, 0.4) is 0 Å². The van der Waals surface area contributed by atoms with Crippen molar-refractivity contribution in [3.8, 4) is 0 Å². The predicted octanol–water partition coefficient (Wildman–Crippen LogP) is 2.62. The molecule has 9 heteroatoms. The predicted molar refractivity (Wildman–Crippen MR) is 123 cm³/mol. The number of likely N-dealkylation sites (tertiary alicyclic amines) is 1. The number of anilines is 2. The third-order valence-electron chi connectivity index (χ3n) is 6.68. The number of fused-ring (bicyclic) bond motifs is 1. The van der Waals surface area contributed by atoms with Crippen LogP contribution in [0, 0.1) is 12.8 Å². The van der Waals surface area contributed by atoms with Gasteiger partial charge in [0, 0.05) is 31.4 Å². The summed E-state index contributed by atoms with van der Waals surface area (Å²) in [7, 11) is 0. The average molecular weight is 450 g/mol. The molecule has 1 fully saturated rings.